The van der Waals surface area contributed by atoms with Gasteiger partial charge >= 0.3 is 0 Å². The van der Waals surface area contributed by atoms with Crippen LogP contribution in [0.2, 0.25) is 0 Å². The molecule has 1 atom stereocenters. The molecule has 0 spiro atoms. The van der Waals surface area contributed by atoms with Gasteiger partial charge in [-0.25, -0.2) is 0 Å². The number of hydrogen-bond donors (Lipinski definition) is 2. The van der Waals surface area contributed by atoms with Crippen LogP contribution in [0, 0.1) is 5.92 Å². The van der Waals surface area contributed by atoms with Gasteiger partial charge in [0, 0.05) is 27.8 Å². The molecule has 1 aliphatic rings. The number of benzene rings is 2. The molecule has 2 aromatic carbocycles. The van der Waals surface area contributed by atoms with Gasteiger partial charge in [0.2, 0.25) is 0 Å². The lowest BCUT2D eigenvalue weighted by molar-refractivity contribution is 0.634. The Bertz CT molecular complexity index is 722. The third-order valence-corrected chi connectivity index (χ3v) is 4.04. The number of nitrogens with two attached hydrogens (primary N) is 1. The first-order valence-electron chi connectivity index (χ1n) is 6.59. The fourth-order valence-electron chi connectivity index (χ4n) is 2.80. The molecule has 18 heavy (non-hydrogen) atoms. The van der Waals surface area contributed by atoms with Crippen LogP contribution in [0.4, 0.5) is 0 Å². The molecule has 2 heteroatoms. The first kappa shape index (κ1) is 10.2. The Kier molecular flexibility index (Phi) is 2.03. The summed E-state index contributed by atoms with van der Waals surface area (Å²) in [5.41, 5.74) is 9.96. The van der Waals surface area contributed by atoms with Crippen molar-refractivity contribution in [2.75, 3.05) is 0 Å². The van der Waals surface area contributed by atoms with Crippen molar-refractivity contribution in [3.63, 3.8) is 0 Å². The molecule has 0 saturated heterocycles. The van der Waals surface area contributed by atoms with Crippen molar-refractivity contribution in [2.24, 2.45) is 11.7 Å². The lowest BCUT2D eigenvalue weighted by Crippen LogP contribution is -2.11. The van der Waals surface area contributed by atoms with Gasteiger partial charge in [-0.3, -0.25) is 0 Å². The number of nitrogens with one attached hydrogen (secondary N) is 1. The minimum Gasteiger partial charge on any atom is -0.355 e. The Balaban J connectivity index is 1.94. The standard InChI is InChI=1S/C16H16N2/c17-16(10-5-6-10)11-7-8-15-13(9-11)12-3-1-2-4-14(12)18-15/h1-4,7-10,16,18H,5-6,17H2. The molecule has 1 saturated carbocycles. The molecule has 90 valence electrons. The van der Waals surface area contributed by atoms with Gasteiger partial charge in [0.25, 0.3) is 0 Å². The van der Waals surface area contributed by atoms with Crippen LogP contribution in [0.25, 0.3) is 21.8 Å². The molecule has 0 bridgehead atoms. The van der Waals surface area contributed by atoms with E-state index in [2.05, 4.69) is 47.4 Å². The van der Waals surface area contributed by atoms with E-state index in [9.17, 15) is 0 Å². The maximum Gasteiger partial charge on any atom is 0.0465 e. The third kappa shape index (κ3) is 1.46. The van der Waals surface area contributed by atoms with Crippen LogP contribution in [-0.2, 0) is 0 Å². The normalized spacial score (nSPS) is 17.4. The lowest BCUT2D eigenvalue weighted by Gasteiger charge is -2.10. The van der Waals surface area contributed by atoms with E-state index in [0.717, 1.165) is 0 Å². The zero-order chi connectivity index (χ0) is 12.1. The molecule has 1 aliphatic carbocycles. The summed E-state index contributed by atoms with van der Waals surface area (Å²) in [6.45, 7) is 0. The van der Waals surface area contributed by atoms with Crippen LogP contribution in [0.3, 0.4) is 0 Å². The first-order chi connectivity index (χ1) is 8.83. The Labute approximate surface area is 106 Å². The highest BCUT2D eigenvalue weighted by atomic mass is 14.7. The van der Waals surface area contributed by atoms with E-state index in [0.29, 0.717) is 5.92 Å². The van der Waals surface area contributed by atoms with Crippen LogP contribution in [0.5, 0.6) is 0 Å². The van der Waals surface area contributed by atoms with Gasteiger partial charge in [-0.1, -0.05) is 24.3 Å². The monoisotopic (exact) mass is 236 g/mol. The maximum absolute atomic E-state index is 6.29. The Morgan fingerprint density at radius 1 is 1.00 bits per heavy atom. The number of H-pyrrole nitrogens is 1. The largest absolute Gasteiger partial charge is 0.355 e. The van der Waals surface area contributed by atoms with E-state index >= 15 is 0 Å². The number of fused-ring (bicyclic) bond motifs is 3. The topological polar surface area (TPSA) is 41.8 Å². The van der Waals surface area contributed by atoms with E-state index in [1.807, 2.05) is 0 Å². The number of rotatable bonds is 2. The van der Waals surface area contributed by atoms with Gasteiger partial charge in [-0.05, 0) is 42.5 Å². The molecule has 1 fully saturated rings. The molecule has 3 N–H and O–H groups in total. The predicted molar refractivity (Wildman–Crippen MR) is 75.5 cm³/mol. The third-order valence-electron chi connectivity index (χ3n) is 4.04. The van der Waals surface area contributed by atoms with Crippen molar-refractivity contribution in [3.8, 4) is 0 Å². The highest BCUT2D eigenvalue weighted by Gasteiger charge is 2.29. The second kappa shape index (κ2) is 3.59. The molecule has 3 aromatic rings. The van der Waals surface area contributed by atoms with Crippen molar-refractivity contribution in [1.82, 2.24) is 4.98 Å². The quantitative estimate of drug-likeness (QED) is 0.699. The zero-order valence-electron chi connectivity index (χ0n) is 10.2. The SMILES string of the molecule is NC(c1ccc2[nH]c3ccccc3c2c1)C1CC1. The number of para-hydroxylation sites is 1. The average Bonchev–Trinajstić information content (AvgIpc) is 3.18. The van der Waals surface area contributed by atoms with Crippen LogP contribution >= 0.6 is 0 Å². The maximum atomic E-state index is 6.29. The minimum absolute atomic E-state index is 0.211. The van der Waals surface area contributed by atoms with Crippen molar-refractivity contribution in [1.29, 1.82) is 0 Å². The second-order valence-corrected chi connectivity index (χ2v) is 5.34. The highest BCUT2D eigenvalue weighted by Crippen LogP contribution is 2.40. The average molecular weight is 236 g/mol. The summed E-state index contributed by atoms with van der Waals surface area (Å²) >= 11 is 0. The van der Waals surface area contributed by atoms with E-state index in [-0.39, 0.29) is 6.04 Å². The first-order valence-corrected chi connectivity index (χ1v) is 6.59. The molecular weight excluding hydrogens is 220 g/mol. The van der Waals surface area contributed by atoms with Gasteiger partial charge in [0.15, 0.2) is 0 Å². The van der Waals surface area contributed by atoms with E-state index in [4.69, 9.17) is 5.73 Å². The molecule has 1 aromatic heterocycles. The number of aromatic nitrogens is 1. The summed E-state index contributed by atoms with van der Waals surface area (Å²) in [6.07, 6.45) is 2.57. The molecule has 4 rings (SSSR count). The summed E-state index contributed by atoms with van der Waals surface area (Å²) in [5, 5.41) is 2.58. The number of aromatic amines is 1. The molecule has 1 unspecified atom stereocenters. The summed E-state index contributed by atoms with van der Waals surface area (Å²) < 4.78 is 0. The number of hydrogen-bond acceptors (Lipinski definition) is 1. The van der Waals surface area contributed by atoms with Crippen LogP contribution in [-0.4, -0.2) is 4.98 Å². The van der Waals surface area contributed by atoms with Gasteiger partial charge < -0.3 is 10.7 Å². The van der Waals surface area contributed by atoms with Gasteiger partial charge in [-0.2, -0.15) is 0 Å². The minimum atomic E-state index is 0.211. The van der Waals surface area contributed by atoms with E-state index in [1.165, 1.54) is 40.2 Å². The molecular formula is C16H16N2. The van der Waals surface area contributed by atoms with E-state index in [1.54, 1.807) is 0 Å². The van der Waals surface area contributed by atoms with Gasteiger partial charge in [0.1, 0.15) is 0 Å². The fourth-order valence-corrected chi connectivity index (χ4v) is 2.80. The smallest absolute Gasteiger partial charge is 0.0465 e. The van der Waals surface area contributed by atoms with Crippen LogP contribution < -0.4 is 5.73 Å². The molecule has 0 aliphatic heterocycles. The Hall–Kier alpha value is -1.80. The summed E-state index contributed by atoms with van der Waals surface area (Å²) in [4.78, 5) is 3.45. The van der Waals surface area contributed by atoms with Crippen molar-refractivity contribution < 1.29 is 0 Å². The second-order valence-electron chi connectivity index (χ2n) is 5.34. The molecule has 1 heterocycles. The lowest BCUT2D eigenvalue weighted by atomic mass is 10.0. The summed E-state index contributed by atoms with van der Waals surface area (Å²) in [6, 6.07) is 15.2. The molecule has 0 amide bonds. The molecule has 2 nitrogen and oxygen atoms in total. The molecule has 0 radical (unpaired) electrons. The Morgan fingerprint density at radius 3 is 2.61 bits per heavy atom. The van der Waals surface area contributed by atoms with Crippen LogP contribution in [0.15, 0.2) is 42.5 Å². The van der Waals surface area contributed by atoms with Gasteiger partial charge in [0.05, 0.1) is 0 Å². The van der Waals surface area contributed by atoms with E-state index < -0.39 is 0 Å². The zero-order valence-corrected chi connectivity index (χ0v) is 10.2. The van der Waals surface area contributed by atoms with Crippen molar-refractivity contribution in [3.05, 3.63) is 48.0 Å². The van der Waals surface area contributed by atoms with Gasteiger partial charge in [-0.15, -0.1) is 0 Å². The fraction of sp³-hybridized carbons (Fsp3) is 0.250. The summed E-state index contributed by atoms with van der Waals surface area (Å²) in [7, 11) is 0. The van der Waals surface area contributed by atoms with Crippen LogP contribution in [0.1, 0.15) is 24.4 Å². The van der Waals surface area contributed by atoms with Crippen molar-refractivity contribution >= 4 is 21.8 Å². The highest BCUT2D eigenvalue weighted by molar-refractivity contribution is 6.07. The Morgan fingerprint density at radius 2 is 1.78 bits per heavy atom. The predicted octanol–water partition coefficient (Wildman–Crippen LogP) is 3.73. The van der Waals surface area contributed by atoms with Crippen molar-refractivity contribution in [2.45, 2.75) is 18.9 Å². The summed E-state index contributed by atoms with van der Waals surface area (Å²) in [5.74, 6) is 0.702.